The molecule has 0 unspecified atom stereocenters. The number of aryl methyl sites for hydroxylation is 1. The SMILES string of the molecule is CCN(CC(C)(C)N1CCNCC1)c1ccc(C)cc1. The van der Waals surface area contributed by atoms with E-state index in [2.05, 4.69) is 67.1 Å². The van der Waals surface area contributed by atoms with Crippen molar-refractivity contribution in [3.63, 3.8) is 0 Å². The molecular formula is C17H29N3. The Labute approximate surface area is 124 Å². The van der Waals surface area contributed by atoms with Gasteiger partial charge in [-0.3, -0.25) is 4.90 Å². The summed E-state index contributed by atoms with van der Waals surface area (Å²) >= 11 is 0. The molecule has 1 saturated heterocycles. The van der Waals surface area contributed by atoms with Gasteiger partial charge in [0.2, 0.25) is 0 Å². The molecule has 0 aliphatic carbocycles. The van der Waals surface area contributed by atoms with Gasteiger partial charge in [-0.25, -0.2) is 0 Å². The lowest BCUT2D eigenvalue weighted by molar-refractivity contribution is 0.108. The van der Waals surface area contributed by atoms with Gasteiger partial charge in [0, 0.05) is 50.5 Å². The normalized spacial score (nSPS) is 17.2. The molecule has 3 nitrogen and oxygen atoms in total. The highest BCUT2D eigenvalue weighted by atomic mass is 15.3. The molecule has 1 aliphatic rings. The molecule has 0 bridgehead atoms. The Kier molecular flexibility index (Phi) is 5.06. The van der Waals surface area contributed by atoms with Gasteiger partial charge >= 0.3 is 0 Å². The van der Waals surface area contributed by atoms with Crippen molar-refractivity contribution in [2.45, 2.75) is 33.2 Å². The molecular weight excluding hydrogens is 246 g/mol. The zero-order chi connectivity index (χ0) is 14.6. The molecule has 0 amide bonds. The van der Waals surface area contributed by atoms with E-state index in [9.17, 15) is 0 Å². The molecule has 1 aliphatic heterocycles. The molecule has 1 fully saturated rings. The number of rotatable bonds is 5. The quantitative estimate of drug-likeness (QED) is 0.891. The smallest absolute Gasteiger partial charge is 0.0366 e. The third kappa shape index (κ3) is 3.74. The minimum Gasteiger partial charge on any atom is -0.370 e. The Morgan fingerprint density at radius 1 is 1.15 bits per heavy atom. The third-order valence-electron chi connectivity index (χ3n) is 4.33. The van der Waals surface area contributed by atoms with Crippen LogP contribution in [0.5, 0.6) is 0 Å². The van der Waals surface area contributed by atoms with Crippen LogP contribution < -0.4 is 10.2 Å². The van der Waals surface area contributed by atoms with Gasteiger partial charge in [0.15, 0.2) is 0 Å². The van der Waals surface area contributed by atoms with Gasteiger partial charge in [-0.05, 0) is 39.8 Å². The molecule has 1 N–H and O–H groups in total. The van der Waals surface area contributed by atoms with Gasteiger partial charge in [-0.2, -0.15) is 0 Å². The summed E-state index contributed by atoms with van der Waals surface area (Å²) < 4.78 is 0. The van der Waals surface area contributed by atoms with E-state index in [0.717, 1.165) is 39.3 Å². The van der Waals surface area contributed by atoms with Crippen molar-refractivity contribution in [2.24, 2.45) is 0 Å². The number of nitrogens with one attached hydrogen (secondary N) is 1. The number of hydrogen-bond donors (Lipinski definition) is 1. The van der Waals surface area contributed by atoms with Crippen LogP contribution in [0.4, 0.5) is 5.69 Å². The van der Waals surface area contributed by atoms with E-state index >= 15 is 0 Å². The first-order chi connectivity index (χ1) is 9.53. The fraction of sp³-hybridized carbons (Fsp3) is 0.647. The van der Waals surface area contributed by atoms with Gasteiger partial charge in [0.1, 0.15) is 0 Å². The lowest BCUT2D eigenvalue weighted by Crippen LogP contribution is -2.57. The predicted molar refractivity (Wildman–Crippen MR) is 87.6 cm³/mol. The van der Waals surface area contributed by atoms with Gasteiger partial charge in [0.05, 0.1) is 0 Å². The monoisotopic (exact) mass is 275 g/mol. The van der Waals surface area contributed by atoms with Crippen LogP contribution in [0.15, 0.2) is 24.3 Å². The maximum Gasteiger partial charge on any atom is 0.0366 e. The van der Waals surface area contributed by atoms with Crippen LogP contribution >= 0.6 is 0 Å². The van der Waals surface area contributed by atoms with Gasteiger partial charge < -0.3 is 10.2 Å². The lowest BCUT2D eigenvalue weighted by Gasteiger charge is -2.44. The second-order valence-electron chi connectivity index (χ2n) is 6.40. The Balaban J connectivity index is 2.06. The van der Waals surface area contributed by atoms with Crippen LogP contribution in [-0.2, 0) is 0 Å². The lowest BCUT2D eigenvalue weighted by atomic mass is 10.00. The topological polar surface area (TPSA) is 18.5 Å². The molecule has 0 atom stereocenters. The molecule has 3 heteroatoms. The summed E-state index contributed by atoms with van der Waals surface area (Å²) in [4.78, 5) is 5.10. The largest absolute Gasteiger partial charge is 0.370 e. The summed E-state index contributed by atoms with van der Waals surface area (Å²) in [7, 11) is 0. The van der Waals surface area contributed by atoms with Crippen LogP contribution in [-0.4, -0.2) is 49.7 Å². The molecule has 0 radical (unpaired) electrons. The highest BCUT2D eigenvalue weighted by Gasteiger charge is 2.29. The van der Waals surface area contributed by atoms with E-state index in [4.69, 9.17) is 0 Å². The Bertz CT molecular complexity index is 405. The number of anilines is 1. The maximum atomic E-state index is 3.44. The first-order valence-corrected chi connectivity index (χ1v) is 7.80. The van der Waals surface area contributed by atoms with Crippen LogP contribution in [0.25, 0.3) is 0 Å². The molecule has 1 aromatic carbocycles. The highest BCUT2D eigenvalue weighted by Crippen LogP contribution is 2.22. The van der Waals surface area contributed by atoms with Gasteiger partial charge in [-0.15, -0.1) is 0 Å². The molecule has 1 aromatic rings. The molecule has 2 rings (SSSR count). The molecule has 112 valence electrons. The number of nitrogens with zero attached hydrogens (tertiary/aromatic N) is 2. The molecule has 1 heterocycles. The first kappa shape index (κ1) is 15.3. The van der Waals surface area contributed by atoms with Crippen molar-refractivity contribution < 1.29 is 0 Å². The molecule has 0 saturated carbocycles. The van der Waals surface area contributed by atoms with Crippen molar-refractivity contribution in [1.29, 1.82) is 0 Å². The Morgan fingerprint density at radius 3 is 2.30 bits per heavy atom. The number of benzene rings is 1. The average molecular weight is 275 g/mol. The summed E-state index contributed by atoms with van der Waals surface area (Å²) in [5, 5.41) is 3.44. The summed E-state index contributed by atoms with van der Waals surface area (Å²) in [5.41, 5.74) is 2.87. The van der Waals surface area contributed by atoms with E-state index in [1.165, 1.54) is 11.3 Å². The predicted octanol–water partition coefficient (Wildman–Crippen LogP) is 2.51. The summed E-state index contributed by atoms with van der Waals surface area (Å²) in [6, 6.07) is 8.89. The molecule has 0 aromatic heterocycles. The van der Waals surface area contributed by atoms with Crippen LogP contribution in [0.2, 0.25) is 0 Å². The zero-order valence-electron chi connectivity index (χ0n) is 13.4. The number of likely N-dealkylation sites (N-methyl/N-ethyl adjacent to an activating group) is 1. The Hall–Kier alpha value is -1.06. The highest BCUT2D eigenvalue weighted by molar-refractivity contribution is 5.47. The zero-order valence-corrected chi connectivity index (χ0v) is 13.4. The van der Waals surface area contributed by atoms with Crippen molar-refractivity contribution in [3.05, 3.63) is 29.8 Å². The van der Waals surface area contributed by atoms with E-state index in [1.54, 1.807) is 0 Å². The Morgan fingerprint density at radius 2 is 1.75 bits per heavy atom. The second-order valence-corrected chi connectivity index (χ2v) is 6.40. The summed E-state index contributed by atoms with van der Waals surface area (Å²) in [6.45, 7) is 15.8. The minimum atomic E-state index is 0.211. The fourth-order valence-corrected chi connectivity index (χ4v) is 2.98. The van der Waals surface area contributed by atoms with Crippen LogP contribution in [0.1, 0.15) is 26.3 Å². The molecule has 0 spiro atoms. The van der Waals surface area contributed by atoms with E-state index < -0.39 is 0 Å². The maximum absolute atomic E-state index is 3.44. The molecule has 20 heavy (non-hydrogen) atoms. The number of hydrogen-bond acceptors (Lipinski definition) is 3. The fourth-order valence-electron chi connectivity index (χ4n) is 2.98. The van der Waals surface area contributed by atoms with Crippen LogP contribution in [0, 0.1) is 6.92 Å². The standard InChI is InChI=1S/C17H29N3/c1-5-19(16-8-6-15(2)7-9-16)14-17(3,4)20-12-10-18-11-13-20/h6-9,18H,5,10-14H2,1-4H3. The van der Waals surface area contributed by atoms with Crippen molar-refractivity contribution in [2.75, 3.05) is 44.2 Å². The van der Waals surface area contributed by atoms with E-state index in [-0.39, 0.29) is 5.54 Å². The first-order valence-electron chi connectivity index (χ1n) is 7.80. The summed E-state index contributed by atoms with van der Waals surface area (Å²) in [5.74, 6) is 0. The van der Waals surface area contributed by atoms with E-state index in [0.29, 0.717) is 0 Å². The summed E-state index contributed by atoms with van der Waals surface area (Å²) in [6.07, 6.45) is 0. The van der Waals surface area contributed by atoms with Crippen molar-refractivity contribution in [1.82, 2.24) is 10.2 Å². The third-order valence-corrected chi connectivity index (χ3v) is 4.33. The van der Waals surface area contributed by atoms with Crippen LogP contribution in [0.3, 0.4) is 0 Å². The minimum absolute atomic E-state index is 0.211. The number of piperazine rings is 1. The van der Waals surface area contributed by atoms with Gasteiger partial charge in [0.25, 0.3) is 0 Å². The van der Waals surface area contributed by atoms with Crippen molar-refractivity contribution in [3.8, 4) is 0 Å². The van der Waals surface area contributed by atoms with Gasteiger partial charge in [-0.1, -0.05) is 17.7 Å². The average Bonchev–Trinajstić information content (AvgIpc) is 2.47. The van der Waals surface area contributed by atoms with E-state index in [1.807, 2.05) is 0 Å². The van der Waals surface area contributed by atoms with Crippen molar-refractivity contribution >= 4 is 5.69 Å². The second kappa shape index (κ2) is 6.59.